The summed E-state index contributed by atoms with van der Waals surface area (Å²) in [4.78, 5) is 24.5. The van der Waals surface area contributed by atoms with Crippen molar-refractivity contribution >= 4 is 11.4 Å². The minimum atomic E-state index is -0.514. The lowest BCUT2D eigenvalue weighted by atomic mass is 10.2. The van der Waals surface area contributed by atoms with Gasteiger partial charge >= 0.3 is 0 Å². The number of hydrogen-bond acceptors (Lipinski definition) is 6. The quantitative estimate of drug-likeness (QED) is 0.279. The molecule has 0 fully saturated rings. The molecule has 6 nitrogen and oxygen atoms in total. The van der Waals surface area contributed by atoms with Gasteiger partial charge in [-0.3, -0.25) is 9.59 Å². The van der Waals surface area contributed by atoms with Crippen molar-refractivity contribution in [3.8, 4) is 0 Å². The number of anilines is 2. The zero-order chi connectivity index (χ0) is 12.3. The summed E-state index contributed by atoms with van der Waals surface area (Å²) in [5, 5.41) is 4.13. The fourth-order valence-corrected chi connectivity index (χ4v) is 1.49. The summed E-state index contributed by atoms with van der Waals surface area (Å²) in [7, 11) is 5.51. The van der Waals surface area contributed by atoms with E-state index in [1.807, 2.05) is 14.1 Å². The average molecular weight is 226 g/mol. The lowest BCUT2D eigenvalue weighted by molar-refractivity contribution is 0.405. The molecule has 6 heteroatoms. The Balaban J connectivity index is 2.52. The van der Waals surface area contributed by atoms with Gasteiger partial charge in [0, 0.05) is 13.6 Å². The van der Waals surface area contributed by atoms with Gasteiger partial charge in [0.25, 0.3) is 10.9 Å². The van der Waals surface area contributed by atoms with Gasteiger partial charge in [-0.2, -0.15) is 0 Å². The molecule has 0 aliphatic heterocycles. The Morgan fingerprint density at radius 3 is 2.31 bits per heavy atom. The maximum Gasteiger partial charge on any atom is 0.254 e. The highest BCUT2D eigenvalue weighted by atomic mass is 16.2. The fraction of sp³-hybridized carbons (Fsp3) is 0.600. The lowest BCUT2D eigenvalue weighted by Crippen LogP contribution is -2.44. The maximum atomic E-state index is 11.2. The summed E-state index contributed by atoms with van der Waals surface area (Å²) < 4.78 is 0. The van der Waals surface area contributed by atoms with Gasteiger partial charge in [-0.05, 0) is 27.1 Å². The van der Waals surface area contributed by atoms with Crippen LogP contribution in [0, 0.1) is 0 Å². The highest BCUT2D eigenvalue weighted by molar-refractivity contribution is 5.74. The van der Waals surface area contributed by atoms with Crippen LogP contribution in [0.15, 0.2) is 9.59 Å². The molecular weight excluding hydrogens is 208 g/mol. The Morgan fingerprint density at radius 1 is 1.19 bits per heavy atom. The van der Waals surface area contributed by atoms with Gasteiger partial charge in [-0.1, -0.05) is 0 Å². The molecule has 16 heavy (non-hydrogen) atoms. The van der Waals surface area contributed by atoms with Gasteiger partial charge < -0.3 is 15.2 Å². The van der Waals surface area contributed by atoms with E-state index < -0.39 is 10.9 Å². The molecule has 1 rings (SSSR count). The zero-order valence-corrected chi connectivity index (χ0v) is 9.91. The first-order valence-electron chi connectivity index (χ1n) is 5.15. The number of nitrogens with zero attached hydrogens (tertiary/aromatic N) is 2. The Morgan fingerprint density at radius 2 is 1.81 bits per heavy atom. The molecule has 0 unspecified atom stereocenters. The molecule has 0 saturated heterocycles. The van der Waals surface area contributed by atoms with Crippen LogP contribution in [0.25, 0.3) is 0 Å². The van der Waals surface area contributed by atoms with E-state index in [0.717, 1.165) is 13.0 Å². The normalized spacial score (nSPS) is 11.1. The minimum absolute atomic E-state index is 0.273. The summed E-state index contributed by atoms with van der Waals surface area (Å²) in [6, 6.07) is 0. The highest BCUT2D eigenvalue weighted by Crippen LogP contribution is 2.15. The predicted molar refractivity (Wildman–Crippen MR) is 65.6 cm³/mol. The summed E-state index contributed by atoms with van der Waals surface area (Å²) in [6.45, 7) is 1.58. The standard InChI is InChI=1S/C10H18N4O2/c1-13(2)6-4-5-12-7-8(14(3)11)10(16)9(7)15/h12H,4-6,11H2,1-3H3. The minimum Gasteiger partial charge on any atom is -0.380 e. The van der Waals surface area contributed by atoms with E-state index >= 15 is 0 Å². The van der Waals surface area contributed by atoms with Crippen molar-refractivity contribution in [2.24, 2.45) is 5.84 Å². The number of rotatable bonds is 6. The molecule has 1 aromatic carbocycles. The Hall–Kier alpha value is -1.40. The molecule has 0 aliphatic carbocycles. The van der Waals surface area contributed by atoms with Gasteiger partial charge in [0.1, 0.15) is 11.4 Å². The number of hydrogen-bond donors (Lipinski definition) is 2. The Bertz CT molecular complexity index is 418. The van der Waals surface area contributed by atoms with Crippen LogP contribution in [-0.4, -0.2) is 39.1 Å². The third-order valence-corrected chi connectivity index (χ3v) is 2.32. The van der Waals surface area contributed by atoms with E-state index in [2.05, 4.69) is 10.2 Å². The van der Waals surface area contributed by atoms with Crippen molar-refractivity contribution in [3.63, 3.8) is 0 Å². The maximum absolute atomic E-state index is 11.2. The first-order valence-corrected chi connectivity index (χ1v) is 5.15. The molecule has 0 saturated carbocycles. The first-order chi connectivity index (χ1) is 7.45. The average Bonchev–Trinajstić information content (AvgIpc) is 2.20. The summed E-state index contributed by atoms with van der Waals surface area (Å²) in [6.07, 6.45) is 0.902. The van der Waals surface area contributed by atoms with Crippen molar-refractivity contribution in [1.82, 2.24) is 4.90 Å². The topological polar surface area (TPSA) is 78.7 Å². The van der Waals surface area contributed by atoms with Gasteiger partial charge in [-0.25, -0.2) is 5.84 Å². The number of nitrogens with two attached hydrogens (primary N) is 1. The second-order valence-electron chi connectivity index (χ2n) is 4.08. The van der Waals surface area contributed by atoms with Crippen LogP contribution in [0.5, 0.6) is 0 Å². The van der Waals surface area contributed by atoms with E-state index in [9.17, 15) is 9.59 Å². The van der Waals surface area contributed by atoms with Crippen molar-refractivity contribution in [2.45, 2.75) is 6.42 Å². The van der Waals surface area contributed by atoms with Gasteiger partial charge in [-0.15, -0.1) is 0 Å². The molecule has 90 valence electrons. The molecule has 0 aliphatic rings. The van der Waals surface area contributed by atoms with Crippen LogP contribution in [0.3, 0.4) is 0 Å². The van der Waals surface area contributed by atoms with Crippen molar-refractivity contribution < 1.29 is 0 Å². The van der Waals surface area contributed by atoms with E-state index in [-0.39, 0.29) is 5.69 Å². The van der Waals surface area contributed by atoms with Crippen LogP contribution in [0.2, 0.25) is 0 Å². The molecule has 1 aromatic rings. The van der Waals surface area contributed by atoms with Crippen LogP contribution in [0.4, 0.5) is 11.4 Å². The third-order valence-electron chi connectivity index (χ3n) is 2.32. The predicted octanol–water partition coefficient (Wildman–Crippen LogP) is -1.04. The van der Waals surface area contributed by atoms with Crippen molar-refractivity contribution in [1.29, 1.82) is 0 Å². The largest absolute Gasteiger partial charge is 0.380 e. The van der Waals surface area contributed by atoms with Crippen LogP contribution >= 0.6 is 0 Å². The van der Waals surface area contributed by atoms with E-state index in [4.69, 9.17) is 5.84 Å². The molecule has 0 bridgehead atoms. The monoisotopic (exact) mass is 226 g/mol. The van der Waals surface area contributed by atoms with Crippen LogP contribution < -0.4 is 27.0 Å². The van der Waals surface area contributed by atoms with Crippen molar-refractivity contribution in [2.75, 3.05) is 44.6 Å². The first kappa shape index (κ1) is 12.7. The van der Waals surface area contributed by atoms with E-state index in [0.29, 0.717) is 12.2 Å². The molecule has 0 radical (unpaired) electrons. The van der Waals surface area contributed by atoms with Gasteiger partial charge in [0.2, 0.25) is 0 Å². The second kappa shape index (κ2) is 5.09. The molecule has 3 N–H and O–H groups in total. The Labute approximate surface area is 94.3 Å². The van der Waals surface area contributed by atoms with Crippen LogP contribution in [0.1, 0.15) is 6.42 Å². The third kappa shape index (κ3) is 2.59. The van der Waals surface area contributed by atoms with Gasteiger partial charge in [0.15, 0.2) is 0 Å². The molecule has 0 aromatic heterocycles. The molecule has 0 spiro atoms. The van der Waals surface area contributed by atoms with E-state index in [1.54, 1.807) is 7.05 Å². The number of nitrogens with one attached hydrogen (secondary N) is 1. The molecular formula is C10H18N4O2. The van der Waals surface area contributed by atoms with Crippen molar-refractivity contribution in [3.05, 3.63) is 20.4 Å². The summed E-state index contributed by atoms with van der Waals surface area (Å²) in [5.74, 6) is 5.45. The smallest absolute Gasteiger partial charge is 0.254 e. The lowest BCUT2D eigenvalue weighted by Gasteiger charge is -2.19. The Kier molecular flexibility index (Phi) is 4.03. The molecule has 0 heterocycles. The summed E-state index contributed by atoms with van der Waals surface area (Å²) in [5.41, 5.74) is -0.374. The van der Waals surface area contributed by atoms with Crippen LogP contribution in [-0.2, 0) is 0 Å². The summed E-state index contributed by atoms with van der Waals surface area (Å²) >= 11 is 0. The SMILES string of the molecule is CN(C)CCCNc1c(N(C)N)c(=O)c1=O. The fourth-order valence-electron chi connectivity index (χ4n) is 1.49. The number of hydrazine groups is 1. The molecule has 0 amide bonds. The molecule has 0 atom stereocenters. The van der Waals surface area contributed by atoms with Gasteiger partial charge in [0.05, 0.1) is 0 Å². The highest BCUT2D eigenvalue weighted by Gasteiger charge is 2.22. The second-order valence-corrected chi connectivity index (χ2v) is 4.08. The zero-order valence-electron chi connectivity index (χ0n) is 9.91. The van der Waals surface area contributed by atoms with E-state index in [1.165, 1.54) is 5.01 Å².